The summed E-state index contributed by atoms with van der Waals surface area (Å²) >= 11 is 0. The Labute approximate surface area is 278 Å². The summed E-state index contributed by atoms with van der Waals surface area (Å²) in [5.74, 6) is 1.29. The third kappa shape index (κ3) is 7.04. The van der Waals surface area contributed by atoms with Crippen LogP contribution in [0.25, 0.3) is 33.4 Å². The monoisotopic (exact) mass is 638 g/mol. The largest absolute Gasteiger partial charge is 0.647 e. The Hall–Kier alpha value is -5.05. The Morgan fingerprint density at radius 2 is 0.660 bits per heavy atom. The summed E-state index contributed by atoms with van der Waals surface area (Å²) in [4.78, 5) is 0. The molecule has 6 rings (SSSR count). The van der Waals surface area contributed by atoms with Crippen molar-refractivity contribution in [1.82, 2.24) is 0 Å². The van der Waals surface area contributed by atoms with Crippen molar-refractivity contribution in [3.63, 3.8) is 0 Å². The molecule has 0 fully saturated rings. The third-order valence-electron chi connectivity index (χ3n) is 8.30. The fourth-order valence-electron chi connectivity index (χ4n) is 6.06. The lowest BCUT2D eigenvalue weighted by Crippen LogP contribution is -2.10. The minimum atomic E-state index is -4.42. The van der Waals surface area contributed by atoms with Gasteiger partial charge in [0, 0.05) is 16.7 Å². The van der Waals surface area contributed by atoms with Gasteiger partial charge in [-0.15, -0.1) is 0 Å². The number of rotatable bonds is 12. The number of phosphoric acid groups is 1. The molecule has 0 aliphatic heterocycles. The molecule has 0 aliphatic carbocycles. The SMILES string of the molecule is CCc1cccc(OP(=O)(Oc2cccc(CC)c2-c2ccccc2)Oc2cccc(CC)c2-c2ccccc2)c1-c1ccccc1. The van der Waals surface area contributed by atoms with Crippen molar-refractivity contribution in [3.8, 4) is 50.6 Å². The van der Waals surface area contributed by atoms with Crippen LogP contribution in [0.2, 0.25) is 0 Å². The van der Waals surface area contributed by atoms with Crippen LogP contribution in [0.15, 0.2) is 146 Å². The topological polar surface area (TPSA) is 44.8 Å². The van der Waals surface area contributed by atoms with E-state index < -0.39 is 7.82 Å². The van der Waals surface area contributed by atoms with Gasteiger partial charge in [-0.1, -0.05) is 148 Å². The molecule has 0 saturated heterocycles. The number of hydrogen-bond acceptors (Lipinski definition) is 4. The Bertz CT molecular complexity index is 1760. The highest BCUT2D eigenvalue weighted by atomic mass is 31.2. The smallest absolute Gasteiger partial charge is 0.385 e. The zero-order valence-corrected chi connectivity index (χ0v) is 28.0. The van der Waals surface area contributed by atoms with Crippen molar-refractivity contribution < 1.29 is 18.1 Å². The Morgan fingerprint density at radius 3 is 0.915 bits per heavy atom. The van der Waals surface area contributed by atoms with Gasteiger partial charge < -0.3 is 13.6 Å². The van der Waals surface area contributed by atoms with Crippen LogP contribution < -0.4 is 13.6 Å². The molecule has 47 heavy (non-hydrogen) atoms. The average molecular weight is 639 g/mol. The summed E-state index contributed by atoms with van der Waals surface area (Å²) in [6.07, 6.45) is 2.29. The van der Waals surface area contributed by atoms with E-state index in [0.717, 1.165) is 69.3 Å². The predicted molar refractivity (Wildman–Crippen MR) is 193 cm³/mol. The zero-order chi connectivity index (χ0) is 32.6. The second kappa shape index (κ2) is 14.6. The molecule has 6 aromatic carbocycles. The molecule has 5 heteroatoms. The van der Waals surface area contributed by atoms with Gasteiger partial charge in [0.1, 0.15) is 17.2 Å². The molecule has 0 amide bonds. The molecule has 0 radical (unpaired) electrons. The van der Waals surface area contributed by atoms with Crippen LogP contribution in [0.3, 0.4) is 0 Å². The van der Waals surface area contributed by atoms with Crippen LogP contribution in [0.4, 0.5) is 0 Å². The van der Waals surface area contributed by atoms with Crippen molar-refractivity contribution >= 4 is 7.82 Å². The van der Waals surface area contributed by atoms with Gasteiger partial charge in [0.25, 0.3) is 0 Å². The van der Waals surface area contributed by atoms with Crippen LogP contribution in [0.1, 0.15) is 37.5 Å². The van der Waals surface area contributed by atoms with E-state index in [0.29, 0.717) is 17.2 Å². The maximum atomic E-state index is 15.4. The highest BCUT2D eigenvalue weighted by molar-refractivity contribution is 7.49. The molecule has 0 atom stereocenters. The fraction of sp³-hybridized carbons (Fsp3) is 0.143. The van der Waals surface area contributed by atoms with E-state index in [1.807, 2.05) is 127 Å². The molecular formula is C42H39O4P. The van der Waals surface area contributed by atoms with Gasteiger partial charge >= 0.3 is 7.82 Å². The van der Waals surface area contributed by atoms with Gasteiger partial charge in [0.05, 0.1) is 0 Å². The second-order valence-electron chi connectivity index (χ2n) is 11.3. The van der Waals surface area contributed by atoms with Crippen LogP contribution in [0.5, 0.6) is 17.2 Å². The van der Waals surface area contributed by atoms with Gasteiger partial charge in [-0.3, -0.25) is 0 Å². The number of aryl methyl sites for hydroxylation is 3. The van der Waals surface area contributed by atoms with Gasteiger partial charge in [-0.05, 0) is 70.8 Å². The Morgan fingerprint density at radius 1 is 0.383 bits per heavy atom. The summed E-state index contributed by atoms with van der Waals surface area (Å²) in [7, 11) is -4.42. The average Bonchev–Trinajstić information content (AvgIpc) is 3.12. The summed E-state index contributed by atoms with van der Waals surface area (Å²) in [6.45, 7) is 6.30. The first-order valence-electron chi connectivity index (χ1n) is 16.2. The van der Waals surface area contributed by atoms with Crippen LogP contribution >= 0.6 is 7.82 Å². The predicted octanol–water partition coefficient (Wildman–Crippen LogP) is 12.0. The lowest BCUT2D eigenvalue weighted by Gasteiger charge is -2.25. The summed E-state index contributed by atoms with van der Waals surface area (Å²) in [6, 6.07) is 47.5. The van der Waals surface area contributed by atoms with Crippen molar-refractivity contribution in [1.29, 1.82) is 0 Å². The first-order valence-corrected chi connectivity index (χ1v) is 17.7. The summed E-state index contributed by atoms with van der Waals surface area (Å²) < 4.78 is 35.1. The molecule has 6 aromatic rings. The highest BCUT2D eigenvalue weighted by Crippen LogP contribution is 2.55. The third-order valence-corrected chi connectivity index (χ3v) is 9.56. The molecule has 0 aliphatic rings. The van der Waals surface area contributed by atoms with E-state index in [1.54, 1.807) is 0 Å². The standard InChI is InChI=1S/C42H39O4P/c1-4-31-25-16-28-37(40(31)34-19-10-7-11-20-34)44-47(43,45-38-29-17-26-32(5-2)41(38)35-21-12-8-13-22-35)46-39-30-18-27-33(6-3)42(39)36-23-14-9-15-24-36/h7-30H,4-6H2,1-3H3. The van der Waals surface area contributed by atoms with E-state index in [-0.39, 0.29) is 0 Å². The lowest BCUT2D eigenvalue weighted by molar-refractivity contribution is 0.299. The molecular weight excluding hydrogens is 599 g/mol. The first-order chi connectivity index (χ1) is 23.0. The van der Waals surface area contributed by atoms with Crippen molar-refractivity contribution in [2.45, 2.75) is 40.0 Å². The molecule has 0 aromatic heterocycles. The van der Waals surface area contributed by atoms with E-state index >= 15 is 4.57 Å². The molecule has 236 valence electrons. The maximum absolute atomic E-state index is 15.4. The number of benzene rings is 6. The molecule has 0 heterocycles. The van der Waals surface area contributed by atoms with E-state index in [9.17, 15) is 0 Å². The van der Waals surface area contributed by atoms with Gasteiger partial charge in [-0.2, -0.15) is 4.57 Å². The van der Waals surface area contributed by atoms with Crippen LogP contribution in [-0.2, 0) is 23.8 Å². The van der Waals surface area contributed by atoms with Crippen molar-refractivity contribution in [2.24, 2.45) is 0 Å². The molecule has 0 saturated carbocycles. The van der Waals surface area contributed by atoms with Gasteiger partial charge in [0.15, 0.2) is 0 Å². The van der Waals surface area contributed by atoms with Crippen LogP contribution in [-0.4, -0.2) is 0 Å². The number of hydrogen-bond donors (Lipinski definition) is 0. The highest BCUT2D eigenvalue weighted by Gasteiger charge is 2.37. The maximum Gasteiger partial charge on any atom is 0.647 e. The Balaban J connectivity index is 1.54. The molecule has 0 spiro atoms. The zero-order valence-electron chi connectivity index (χ0n) is 27.1. The van der Waals surface area contributed by atoms with Crippen molar-refractivity contribution in [3.05, 3.63) is 162 Å². The fourth-order valence-corrected chi connectivity index (χ4v) is 7.35. The van der Waals surface area contributed by atoms with Gasteiger partial charge in [0.2, 0.25) is 0 Å². The van der Waals surface area contributed by atoms with Crippen molar-refractivity contribution in [2.75, 3.05) is 0 Å². The van der Waals surface area contributed by atoms with Gasteiger partial charge in [-0.25, -0.2) is 0 Å². The molecule has 0 bridgehead atoms. The summed E-state index contributed by atoms with van der Waals surface area (Å²) in [5, 5.41) is 0. The normalized spacial score (nSPS) is 11.2. The van der Waals surface area contributed by atoms with E-state index in [1.165, 1.54) is 0 Å². The summed E-state index contributed by atoms with van der Waals surface area (Å²) in [5.41, 5.74) is 8.66. The molecule has 0 unspecified atom stereocenters. The minimum absolute atomic E-state index is 0.430. The number of phosphoric ester groups is 1. The molecule has 0 N–H and O–H groups in total. The molecule has 4 nitrogen and oxygen atoms in total. The lowest BCUT2D eigenvalue weighted by atomic mass is 9.97. The Kier molecular flexibility index (Phi) is 9.90. The van der Waals surface area contributed by atoms with E-state index in [4.69, 9.17) is 13.6 Å². The second-order valence-corrected chi connectivity index (χ2v) is 12.7. The van der Waals surface area contributed by atoms with E-state index in [2.05, 4.69) is 39.0 Å². The minimum Gasteiger partial charge on any atom is -0.385 e. The first kappa shape index (κ1) is 31.9. The quantitative estimate of drug-likeness (QED) is 0.125. The van der Waals surface area contributed by atoms with Crippen LogP contribution in [0, 0.1) is 0 Å².